The Morgan fingerprint density at radius 3 is 1.32 bits per heavy atom. The van der Waals surface area contributed by atoms with Crippen molar-refractivity contribution in [3.8, 4) is 0 Å². The Bertz CT molecular complexity index is 353. The van der Waals surface area contributed by atoms with Crippen molar-refractivity contribution in [3.63, 3.8) is 0 Å². The van der Waals surface area contributed by atoms with Crippen LogP contribution in [0.15, 0.2) is 0 Å². The highest BCUT2D eigenvalue weighted by molar-refractivity contribution is 8.76. The molecule has 170 valence electrons. The van der Waals surface area contributed by atoms with Crippen LogP contribution >= 0.6 is 21.6 Å². The standard InChI is InChI=1S/C18H44N2O4S2Si2/c1-19(2)11-13-23-27(7,21-5)17-9-15-25-26-16-10-18-28(8,22-6)24-14-12-20(3)4/h9-18H2,1-8H3. The summed E-state index contributed by atoms with van der Waals surface area (Å²) in [7, 11) is 11.8. The van der Waals surface area contributed by atoms with E-state index < -0.39 is 17.1 Å². The molecule has 0 saturated carbocycles. The van der Waals surface area contributed by atoms with E-state index in [2.05, 4.69) is 51.1 Å². The summed E-state index contributed by atoms with van der Waals surface area (Å²) in [6.07, 6.45) is 2.29. The maximum atomic E-state index is 6.06. The van der Waals surface area contributed by atoms with Crippen LogP contribution in [0.2, 0.25) is 25.2 Å². The molecule has 0 aromatic carbocycles. The summed E-state index contributed by atoms with van der Waals surface area (Å²) in [5, 5.41) is 0. The van der Waals surface area contributed by atoms with Crippen LogP contribution in [0.25, 0.3) is 0 Å². The van der Waals surface area contributed by atoms with Gasteiger partial charge < -0.3 is 27.5 Å². The first kappa shape index (κ1) is 28.9. The van der Waals surface area contributed by atoms with E-state index in [1.54, 1.807) is 14.2 Å². The van der Waals surface area contributed by atoms with Crippen LogP contribution in [0, 0.1) is 0 Å². The molecule has 0 saturated heterocycles. The van der Waals surface area contributed by atoms with Gasteiger partial charge in [0, 0.05) is 52.0 Å². The Hall–Kier alpha value is 0.894. The summed E-state index contributed by atoms with van der Waals surface area (Å²) in [6.45, 7) is 7.74. The molecule has 0 aromatic heterocycles. The molecule has 0 aliphatic rings. The van der Waals surface area contributed by atoms with Crippen molar-refractivity contribution in [1.82, 2.24) is 9.80 Å². The highest BCUT2D eigenvalue weighted by Gasteiger charge is 2.30. The van der Waals surface area contributed by atoms with Crippen molar-refractivity contribution < 1.29 is 17.7 Å². The zero-order chi connectivity index (χ0) is 21.5. The summed E-state index contributed by atoms with van der Waals surface area (Å²) < 4.78 is 23.6. The van der Waals surface area contributed by atoms with Gasteiger partial charge in [-0.05, 0) is 66.2 Å². The average molecular weight is 473 g/mol. The summed E-state index contributed by atoms with van der Waals surface area (Å²) >= 11 is 0. The van der Waals surface area contributed by atoms with Crippen molar-refractivity contribution in [2.24, 2.45) is 0 Å². The number of nitrogens with zero attached hydrogens (tertiary/aromatic N) is 2. The molecule has 0 bridgehead atoms. The fourth-order valence-electron chi connectivity index (χ4n) is 2.38. The van der Waals surface area contributed by atoms with Gasteiger partial charge in [0.05, 0.1) is 0 Å². The van der Waals surface area contributed by atoms with Gasteiger partial charge in [-0.15, -0.1) is 0 Å². The molecule has 0 aliphatic heterocycles. The van der Waals surface area contributed by atoms with Crippen molar-refractivity contribution in [2.45, 2.75) is 38.0 Å². The maximum Gasteiger partial charge on any atom is 0.334 e. The van der Waals surface area contributed by atoms with Gasteiger partial charge in [0.1, 0.15) is 0 Å². The Balaban J connectivity index is 3.81. The molecule has 0 radical (unpaired) electrons. The van der Waals surface area contributed by atoms with Gasteiger partial charge in [-0.25, -0.2) is 0 Å². The van der Waals surface area contributed by atoms with Crippen LogP contribution < -0.4 is 0 Å². The van der Waals surface area contributed by atoms with E-state index >= 15 is 0 Å². The normalized spacial score (nSPS) is 16.5. The van der Waals surface area contributed by atoms with Crippen molar-refractivity contribution in [3.05, 3.63) is 0 Å². The number of rotatable bonds is 19. The third-order valence-corrected chi connectivity index (χ3v) is 13.0. The summed E-state index contributed by atoms with van der Waals surface area (Å²) in [4.78, 5) is 4.28. The molecular weight excluding hydrogens is 429 g/mol. The van der Waals surface area contributed by atoms with Crippen LogP contribution in [0.5, 0.6) is 0 Å². The number of hydrogen-bond acceptors (Lipinski definition) is 8. The molecule has 0 spiro atoms. The minimum Gasteiger partial charge on any atom is -0.398 e. The van der Waals surface area contributed by atoms with Crippen molar-refractivity contribution in [2.75, 3.05) is 80.2 Å². The quantitative estimate of drug-likeness (QED) is 0.160. The lowest BCUT2D eigenvalue weighted by molar-refractivity contribution is 0.184. The highest BCUT2D eigenvalue weighted by atomic mass is 33.1. The average Bonchev–Trinajstić information content (AvgIpc) is 2.63. The zero-order valence-corrected chi connectivity index (χ0v) is 23.0. The predicted molar refractivity (Wildman–Crippen MR) is 130 cm³/mol. The summed E-state index contributed by atoms with van der Waals surface area (Å²) in [5.41, 5.74) is 0. The smallest absolute Gasteiger partial charge is 0.334 e. The second-order valence-electron chi connectivity index (χ2n) is 7.83. The highest BCUT2D eigenvalue weighted by Crippen LogP contribution is 2.27. The first-order valence-corrected chi connectivity index (χ1v) is 17.6. The molecule has 10 heteroatoms. The molecule has 2 atom stereocenters. The van der Waals surface area contributed by atoms with Gasteiger partial charge in [-0.2, -0.15) is 0 Å². The van der Waals surface area contributed by atoms with E-state index in [-0.39, 0.29) is 0 Å². The first-order chi connectivity index (χ1) is 13.2. The minimum absolute atomic E-state index is 0.754. The zero-order valence-electron chi connectivity index (χ0n) is 19.4. The van der Waals surface area contributed by atoms with Crippen LogP contribution in [-0.2, 0) is 17.7 Å². The fraction of sp³-hybridized carbons (Fsp3) is 1.00. The predicted octanol–water partition coefficient (Wildman–Crippen LogP) is 3.74. The van der Waals surface area contributed by atoms with Gasteiger partial charge in [0.2, 0.25) is 0 Å². The molecule has 28 heavy (non-hydrogen) atoms. The maximum absolute atomic E-state index is 6.06. The molecule has 0 aliphatic carbocycles. The van der Waals surface area contributed by atoms with Gasteiger partial charge in [0.25, 0.3) is 0 Å². The lowest BCUT2D eigenvalue weighted by atomic mass is 10.6. The molecule has 0 heterocycles. The molecule has 2 unspecified atom stereocenters. The Morgan fingerprint density at radius 2 is 1.04 bits per heavy atom. The van der Waals surface area contributed by atoms with Crippen LogP contribution in [-0.4, -0.2) is 107 Å². The summed E-state index contributed by atoms with van der Waals surface area (Å²) in [6, 6.07) is 2.11. The van der Waals surface area contributed by atoms with Gasteiger partial charge in [0.15, 0.2) is 0 Å². The van der Waals surface area contributed by atoms with Gasteiger partial charge in [-0.1, -0.05) is 21.6 Å². The monoisotopic (exact) mass is 472 g/mol. The molecule has 0 N–H and O–H groups in total. The first-order valence-electron chi connectivity index (χ1n) is 10.1. The number of hydrogen-bond donors (Lipinski definition) is 0. The second kappa shape index (κ2) is 16.6. The SMILES string of the molecule is CO[Si](C)(CCCSSCCC[Si](C)(OC)OCCN(C)C)OCCN(C)C. The van der Waals surface area contributed by atoms with Gasteiger partial charge in [-0.3, -0.25) is 0 Å². The Morgan fingerprint density at radius 1 is 0.679 bits per heavy atom. The van der Waals surface area contributed by atoms with Crippen LogP contribution in [0.3, 0.4) is 0 Å². The largest absolute Gasteiger partial charge is 0.398 e. The van der Waals surface area contributed by atoms with E-state index in [1.165, 1.54) is 0 Å². The van der Waals surface area contributed by atoms with Gasteiger partial charge >= 0.3 is 17.1 Å². The van der Waals surface area contributed by atoms with Crippen LogP contribution in [0.1, 0.15) is 12.8 Å². The van der Waals surface area contributed by atoms with E-state index in [0.717, 1.165) is 62.7 Å². The van der Waals surface area contributed by atoms with E-state index in [9.17, 15) is 0 Å². The third kappa shape index (κ3) is 15.7. The number of likely N-dealkylation sites (N-methyl/N-ethyl adjacent to an activating group) is 2. The molecule has 0 aromatic rings. The van der Waals surface area contributed by atoms with E-state index in [4.69, 9.17) is 17.7 Å². The van der Waals surface area contributed by atoms with Crippen LogP contribution in [0.4, 0.5) is 0 Å². The lowest BCUT2D eigenvalue weighted by Crippen LogP contribution is -2.39. The molecule has 0 rings (SSSR count). The Labute approximate surface area is 184 Å². The van der Waals surface area contributed by atoms with E-state index in [0.29, 0.717) is 0 Å². The third-order valence-electron chi connectivity index (χ3n) is 4.56. The molecule has 0 amide bonds. The molecule has 0 fully saturated rings. The second-order valence-corrected chi connectivity index (χ2v) is 17.5. The fourth-order valence-corrected chi connectivity index (χ4v) is 8.68. The summed E-state index contributed by atoms with van der Waals surface area (Å²) in [5.74, 6) is 2.29. The molecular formula is C18H44N2O4S2Si2. The lowest BCUT2D eigenvalue weighted by Gasteiger charge is -2.26. The van der Waals surface area contributed by atoms with Crippen molar-refractivity contribution >= 4 is 38.7 Å². The van der Waals surface area contributed by atoms with E-state index in [1.807, 2.05) is 21.6 Å². The topological polar surface area (TPSA) is 43.4 Å². The van der Waals surface area contributed by atoms with Crippen molar-refractivity contribution in [1.29, 1.82) is 0 Å². The minimum atomic E-state index is -2.00. The molecule has 6 nitrogen and oxygen atoms in total. The Kier molecular flexibility index (Phi) is 17.1.